The molecule has 3 nitrogen and oxygen atoms in total. The lowest BCUT2D eigenvalue weighted by Gasteiger charge is -2.28. The molecule has 1 aliphatic heterocycles. The molecule has 0 spiro atoms. The normalized spacial score (nSPS) is 20.7. The third-order valence-electron chi connectivity index (χ3n) is 5.06. The van der Waals surface area contributed by atoms with Gasteiger partial charge < -0.3 is 14.2 Å². The zero-order valence-electron chi connectivity index (χ0n) is 18.7. The number of rotatable bonds is 8. The van der Waals surface area contributed by atoms with Crippen LogP contribution in [0.25, 0.3) is 0 Å². The van der Waals surface area contributed by atoms with Crippen LogP contribution in [-0.2, 0) is 20.8 Å². The number of methoxy groups -OCH3 is 1. The first kappa shape index (κ1) is 25.2. The molecule has 1 aliphatic rings. The Bertz CT molecular complexity index is 657. The van der Waals surface area contributed by atoms with E-state index in [0.29, 0.717) is 12.0 Å². The van der Waals surface area contributed by atoms with Crippen LogP contribution in [0.4, 0.5) is 8.78 Å². The lowest BCUT2D eigenvalue weighted by atomic mass is 9.90. The van der Waals surface area contributed by atoms with Gasteiger partial charge in [-0.05, 0) is 37.3 Å². The molecule has 0 radical (unpaired) electrons. The average molecular weight is 411 g/mol. The van der Waals surface area contributed by atoms with Crippen molar-refractivity contribution in [2.75, 3.05) is 13.7 Å². The number of ether oxygens (including phenoxy) is 3. The smallest absolute Gasteiger partial charge is 0.199 e. The summed E-state index contributed by atoms with van der Waals surface area (Å²) in [6.07, 6.45) is 3.93. The number of halogens is 2. The maximum Gasteiger partial charge on any atom is 0.199 e. The molecule has 0 saturated carbocycles. The summed E-state index contributed by atoms with van der Waals surface area (Å²) >= 11 is 0. The van der Waals surface area contributed by atoms with Crippen LogP contribution in [0.5, 0.6) is 0 Å². The fourth-order valence-electron chi connectivity index (χ4n) is 3.13. The minimum Gasteiger partial charge on any atom is -0.498 e. The quantitative estimate of drug-likeness (QED) is 0.331. The molecule has 1 heterocycles. The molecule has 164 valence electrons. The highest BCUT2D eigenvalue weighted by Crippen LogP contribution is 2.30. The maximum atomic E-state index is 14.2. The van der Waals surface area contributed by atoms with Gasteiger partial charge in [-0.3, -0.25) is 0 Å². The van der Waals surface area contributed by atoms with Crippen LogP contribution >= 0.6 is 0 Å². The van der Waals surface area contributed by atoms with Crippen molar-refractivity contribution < 1.29 is 23.0 Å². The highest BCUT2D eigenvalue weighted by molar-refractivity contribution is 5.27. The molecule has 0 bridgehead atoms. The molecular weight excluding hydrogens is 374 g/mol. The molecule has 0 N–H and O–H groups in total. The topological polar surface area (TPSA) is 27.7 Å². The van der Waals surface area contributed by atoms with Gasteiger partial charge in [0.05, 0.1) is 19.8 Å². The highest BCUT2D eigenvalue weighted by atomic mass is 19.2. The molecule has 2 rings (SSSR count). The summed E-state index contributed by atoms with van der Waals surface area (Å²) in [5.74, 6) is -1.72. The SMILES string of the molecule is CC.CC/C(OCc1ccc(C2CCC(CC)OC2)cc1)=C(F)\C(F)=C(/C)OC. The standard InChI is InChI=1S/C22H30F2O3.C2H6/c1-5-19-12-11-18(14-26-19)17-9-7-16(8-10-17)13-27-20(6-2)22(24)21(23)15(3)25-4;1-2/h7-10,18-19H,5-6,11-14H2,1-4H3;1-2H3/b21-15-,22-20-;. The van der Waals surface area contributed by atoms with Crippen molar-refractivity contribution in [2.24, 2.45) is 0 Å². The van der Waals surface area contributed by atoms with Crippen LogP contribution in [0.15, 0.2) is 47.4 Å². The number of hydrogen-bond acceptors (Lipinski definition) is 3. The Morgan fingerprint density at radius 1 is 1.07 bits per heavy atom. The highest BCUT2D eigenvalue weighted by Gasteiger charge is 2.21. The number of benzene rings is 1. The van der Waals surface area contributed by atoms with E-state index in [1.54, 1.807) is 6.92 Å². The van der Waals surface area contributed by atoms with Crippen molar-refractivity contribution in [3.05, 3.63) is 58.6 Å². The van der Waals surface area contributed by atoms with Gasteiger partial charge in [-0.2, -0.15) is 8.78 Å². The Labute approximate surface area is 174 Å². The van der Waals surface area contributed by atoms with E-state index >= 15 is 0 Å². The van der Waals surface area contributed by atoms with Crippen LogP contribution in [0.2, 0.25) is 0 Å². The minimum atomic E-state index is -1.02. The summed E-state index contributed by atoms with van der Waals surface area (Å²) in [4.78, 5) is 0. The van der Waals surface area contributed by atoms with E-state index in [9.17, 15) is 8.78 Å². The summed E-state index contributed by atoms with van der Waals surface area (Å²) in [7, 11) is 1.30. The Morgan fingerprint density at radius 2 is 1.72 bits per heavy atom. The average Bonchev–Trinajstić information content (AvgIpc) is 2.80. The summed E-state index contributed by atoms with van der Waals surface area (Å²) < 4.78 is 44.2. The minimum absolute atomic E-state index is 0.0146. The maximum absolute atomic E-state index is 14.2. The van der Waals surface area contributed by atoms with Gasteiger partial charge in [0.15, 0.2) is 11.7 Å². The van der Waals surface area contributed by atoms with Gasteiger partial charge in [-0.25, -0.2) is 0 Å². The fourth-order valence-corrected chi connectivity index (χ4v) is 3.13. The molecular formula is C24H36F2O3. The molecule has 0 aliphatic carbocycles. The number of hydrogen-bond donors (Lipinski definition) is 0. The van der Waals surface area contributed by atoms with Crippen LogP contribution in [0.3, 0.4) is 0 Å². The van der Waals surface area contributed by atoms with E-state index in [4.69, 9.17) is 14.2 Å². The summed E-state index contributed by atoms with van der Waals surface area (Å²) in [5, 5.41) is 0. The molecule has 1 saturated heterocycles. The summed E-state index contributed by atoms with van der Waals surface area (Å²) in [6.45, 7) is 10.2. The van der Waals surface area contributed by atoms with Crippen molar-refractivity contribution in [3.63, 3.8) is 0 Å². The van der Waals surface area contributed by atoms with Crippen molar-refractivity contribution >= 4 is 0 Å². The second-order valence-corrected chi connectivity index (χ2v) is 6.83. The van der Waals surface area contributed by atoms with Gasteiger partial charge in [0.2, 0.25) is 0 Å². The summed E-state index contributed by atoms with van der Waals surface area (Å²) in [5.41, 5.74) is 2.16. The molecule has 5 heteroatoms. The van der Waals surface area contributed by atoms with Crippen LogP contribution < -0.4 is 0 Å². The van der Waals surface area contributed by atoms with Gasteiger partial charge in [0, 0.05) is 12.3 Å². The second-order valence-electron chi connectivity index (χ2n) is 6.83. The molecule has 1 aromatic carbocycles. The third-order valence-corrected chi connectivity index (χ3v) is 5.06. The molecule has 29 heavy (non-hydrogen) atoms. The van der Waals surface area contributed by atoms with E-state index < -0.39 is 11.7 Å². The first-order valence-corrected chi connectivity index (χ1v) is 10.6. The van der Waals surface area contributed by atoms with Crippen LogP contribution in [0.1, 0.15) is 77.3 Å². The number of allylic oxidation sites excluding steroid dienone is 4. The predicted molar refractivity (Wildman–Crippen MR) is 114 cm³/mol. The third kappa shape index (κ3) is 7.46. The largest absolute Gasteiger partial charge is 0.498 e. The van der Waals surface area contributed by atoms with Crippen molar-refractivity contribution in [2.45, 2.75) is 78.9 Å². The molecule has 1 fully saturated rings. The zero-order valence-corrected chi connectivity index (χ0v) is 18.7. The molecule has 0 aromatic heterocycles. The van der Waals surface area contributed by atoms with Gasteiger partial charge >= 0.3 is 0 Å². The van der Waals surface area contributed by atoms with E-state index in [0.717, 1.165) is 31.4 Å². The lowest BCUT2D eigenvalue weighted by molar-refractivity contribution is 0.00203. The van der Waals surface area contributed by atoms with Crippen molar-refractivity contribution in [1.82, 2.24) is 0 Å². The van der Waals surface area contributed by atoms with Crippen molar-refractivity contribution in [1.29, 1.82) is 0 Å². The Kier molecular flexibility index (Phi) is 11.6. The fraction of sp³-hybridized carbons (Fsp3) is 0.583. The monoisotopic (exact) mass is 410 g/mol. The molecule has 2 atom stereocenters. The van der Waals surface area contributed by atoms with Crippen LogP contribution in [0, 0.1) is 0 Å². The zero-order chi connectivity index (χ0) is 21.8. The first-order chi connectivity index (χ1) is 14.0. The lowest BCUT2D eigenvalue weighted by Crippen LogP contribution is -2.24. The first-order valence-electron chi connectivity index (χ1n) is 10.6. The Morgan fingerprint density at radius 3 is 2.21 bits per heavy atom. The molecule has 2 unspecified atom stereocenters. The molecule has 1 aromatic rings. The molecule has 0 amide bonds. The van der Waals surface area contributed by atoms with E-state index in [2.05, 4.69) is 19.1 Å². The van der Waals surface area contributed by atoms with E-state index in [1.807, 2.05) is 26.0 Å². The van der Waals surface area contributed by atoms with Crippen LogP contribution in [-0.4, -0.2) is 19.8 Å². The van der Waals surface area contributed by atoms with Crippen molar-refractivity contribution in [3.8, 4) is 0 Å². The van der Waals surface area contributed by atoms with E-state index in [1.165, 1.54) is 19.6 Å². The van der Waals surface area contributed by atoms with Gasteiger partial charge in [-0.1, -0.05) is 52.0 Å². The van der Waals surface area contributed by atoms with Gasteiger partial charge in [-0.15, -0.1) is 0 Å². The van der Waals surface area contributed by atoms with Gasteiger partial charge in [0.25, 0.3) is 0 Å². The summed E-state index contributed by atoms with van der Waals surface area (Å²) in [6, 6.07) is 8.08. The Hall–Kier alpha value is -1.88. The van der Waals surface area contributed by atoms with Gasteiger partial charge in [0.1, 0.15) is 18.1 Å². The predicted octanol–water partition coefficient (Wildman–Crippen LogP) is 7.34. The second kappa shape index (κ2) is 13.4. The van der Waals surface area contributed by atoms with E-state index in [-0.39, 0.29) is 24.5 Å². The Balaban J connectivity index is 0.00000204.